The molecule has 1 rings (SSSR count). The van der Waals surface area contributed by atoms with Crippen LogP contribution in [0.5, 0.6) is 0 Å². The lowest BCUT2D eigenvalue weighted by Gasteiger charge is -2.30. The normalized spacial score (nSPS) is 33.2. The molecule has 12 heavy (non-hydrogen) atoms. The van der Waals surface area contributed by atoms with Crippen molar-refractivity contribution in [2.45, 2.75) is 18.4 Å². The molecule has 0 bridgehead atoms. The van der Waals surface area contributed by atoms with E-state index in [1.807, 2.05) is 12.2 Å². The molecule has 2 atom stereocenters. The molecule has 0 saturated heterocycles. The van der Waals surface area contributed by atoms with Crippen molar-refractivity contribution in [3.05, 3.63) is 25.3 Å². The van der Waals surface area contributed by atoms with E-state index in [0.29, 0.717) is 0 Å². The van der Waals surface area contributed by atoms with Crippen LogP contribution in [0.25, 0.3) is 0 Å². The van der Waals surface area contributed by atoms with E-state index in [4.69, 9.17) is 0 Å². The van der Waals surface area contributed by atoms with Crippen molar-refractivity contribution < 1.29 is 5.11 Å². The van der Waals surface area contributed by atoms with Gasteiger partial charge in [-0.3, -0.25) is 0 Å². The van der Waals surface area contributed by atoms with E-state index in [2.05, 4.69) is 35.7 Å². The lowest BCUT2D eigenvalue weighted by Crippen LogP contribution is -2.39. The van der Waals surface area contributed by atoms with Gasteiger partial charge in [-0.1, -0.05) is 34.7 Å². The van der Waals surface area contributed by atoms with Gasteiger partial charge in [-0.2, -0.15) is 0 Å². The highest BCUT2D eigenvalue weighted by molar-refractivity contribution is 14.1. The molecule has 2 heteroatoms. The number of hydrogen-bond acceptors (Lipinski definition) is 1. The van der Waals surface area contributed by atoms with Crippen LogP contribution in [0, 0.1) is 11.8 Å². The zero-order valence-corrected chi connectivity index (χ0v) is 9.33. The topological polar surface area (TPSA) is 20.2 Å². The largest absolute Gasteiger partial charge is 0.388 e. The summed E-state index contributed by atoms with van der Waals surface area (Å²) in [6.07, 6.45) is 5.84. The Labute approximate surface area is 87.7 Å². The third-order valence-corrected chi connectivity index (χ3v) is 4.08. The van der Waals surface area contributed by atoms with Crippen LogP contribution in [-0.4, -0.2) is 15.1 Å². The molecule has 1 N–H and O–H groups in total. The Balaban J connectivity index is 2.85. The van der Waals surface area contributed by atoms with Gasteiger partial charge in [-0.05, 0) is 12.8 Å². The minimum atomic E-state index is -0.579. The summed E-state index contributed by atoms with van der Waals surface area (Å²) in [5.41, 5.74) is -0.579. The van der Waals surface area contributed by atoms with Crippen molar-refractivity contribution in [2.24, 2.45) is 11.8 Å². The SMILES string of the molecule is C=C[C@@H]1CC[C@@H](C=C)C1(O)CI. The van der Waals surface area contributed by atoms with E-state index in [9.17, 15) is 5.11 Å². The molecule has 0 unspecified atom stereocenters. The van der Waals surface area contributed by atoms with Crippen molar-refractivity contribution >= 4 is 22.6 Å². The molecule has 1 aliphatic carbocycles. The highest BCUT2D eigenvalue weighted by Gasteiger charge is 2.45. The lowest BCUT2D eigenvalue weighted by molar-refractivity contribution is 0.0202. The Bertz CT molecular complexity index is 172. The first-order valence-electron chi connectivity index (χ1n) is 4.22. The predicted octanol–water partition coefficient (Wildman–Crippen LogP) is 2.55. The standard InChI is InChI=1S/C10H15IO/c1-3-8-5-6-9(4-2)10(8,12)7-11/h3-4,8-9,12H,1-2,5-7H2/t8-,9-/m1/s1. The van der Waals surface area contributed by atoms with E-state index in [0.717, 1.165) is 17.3 Å². The van der Waals surface area contributed by atoms with Crippen LogP contribution in [0.4, 0.5) is 0 Å². The molecule has 0 aromatic heterocycles. The van der Waals surface area contributed by atoms with Crippen LogP contribution >= 0.6 is 22.6 Å². The van der Waals surface area contributed by atoms with Gasteiger partial charge >= 0.3 is 0 Å². The molecule has 1 nitrogen and oxygen atoms in total. The summed E-state index contributed by atoms with van der Waals surface area (Å²) < 4.78 is 0.762. The Morgan fingerprint density at radius 3 is 2.00 bits per heavy atom. The molecular weight excluding hydrogens is 263 g/mol. The van der Waals surface area contributed by atoms with Crippen molar-refractivity contribution in [2.75, 3.05) is 4.43 Å². The predicted molar refractivity (Wildman–Crippen MR) is 60.4 cm³/mol. The molecule has 0 amide bonds. The Hall–Kier alpha value is 0.170. The number of hydrogen-bond donors (Lipinski definition) is 1. The third kappa shape index (κ3) is 1.46. The van der Waals surface area contributed by atoms with E-state index < -0.39 is 5.60 Å². The van der Waals surface area contributed by atoms with Gasteiger partial charge < -0.3 is 5.11 Å². The Morgan fingerprint density at radius 2 is 1.75 bits per heavy atom. The first-order valence-corrected chi connectivity index (χ1v) is 5.75. The second-order valence-electron chi connectivity index (χ2n) is 3.39. The minimum Gasteiger partial charge on any atom is -0.388 e. The van der Waals surface area contributed by atoms with E-state index >= 15 is 0 Å². The van der Waals surface area contributed by atoms with Gasteiger partial charge in [0.2, 0.25) is 0 Å². The lowest BCUT2D eigenvalue weighted by atomic mass is 9.86. The van der Waals surface area contributed by atoms with Crippen LogP contribution < -0.4 is 0 Å². The summed E-state index contributed by atoms with van der Waals surface area (Å²) in [6, 6.07) is 0. The third-order valence-electron chi connectivity index (χ3n) is 2.86. The molecule has 68 valence electrons. The summed E-state index contributed by atoms with van der Waals surface area (Å²) in [7, 11) is 0. The smallest absolute Gasteiger partial charge is 0.0860 e. The maximum atomic E-state index is 10.3. The van der Waals surface area contributed by atoms with Crippen LogP contribution in [-0.2, 0) is 0 Å². The molecule has 0 spiro atoms. The molecule has 0 aliphatic heterocycles. The summed E-state index contributed by atoms with van der Waals surface area (Å²) >= 11 is 2.24. The summed E-state index contributed by atoms with van der Waals surface area (Å²) in [5.74, 6) is 0.495. The van der Waals surface area contributed by atoms with Crippen LogP contribution in [0.1, 0.15) is 12.8 Å². The monoisotopic (exact) mass is 278 g/mol. The Morgan fingerprint density at radius 1 is 1.33 bits per heavy atom. The van der Waals surface area contributed by atoms with Crippen molar-refractivity contribution in [3.63, 3.8) is 0 Å². The quantitative estimate of drug-likeness (QED) is 0.478. The molecule has 1 aliphatic rings. The number of aliphatic hydroxyl groups is 1. The van der Waals surface area contributed by atoms with Crippen molar-refractivity contribution in [1.82, 2.24) is 0 Å². The van der Waals surface area contributed by atoms with Gasteiger partial charge in [0.15, 0.2) is 0 Å². The second-order valence-corrected chi connectivity index (χ2v) is 4.15. The van der Waals surface area contributed by atoms with Crippen molar-refractivity contribution in [3.8, 4) is 0 Å². The van der Waals surface area contributed by atoms with Crippen molar-refractivity contribution in [1.29, 1.82) is 0 Å². The van der Waals surface area contributed by atoms with Gasteiger partial charge in [-0.15, -0.1) is 13.2 Å². The van der Waals surface area contributed by atoms with Gasteiger partial charge in [-0.25, -0.2) is 0 Å². The highest BCUT2D eigenvalue weighted by atomic mass is 127. The molecular formula is C10H15IO. The summed E-state index contributed by atoms with van der Waals surface area (Å²) in [6.45, 7) is 7.51. The first-order chi connectivity index (χ1) is 5.69. The zero-order valence-electron chi connectivity index (χ0n) is 7.17. The van der Waals surface area contributed by atoms with E-state index in [-0.39, 0.29) is 11.8 Å². The minimum absolute atomic E-state index is 0.248. The highest BCUT2D eigenvalue weighted by Crippen LogP contribution is 2.42. The fourth-order valence-corrected chi connectivity index (χ4v) is 3.11. The average Bonchev–Trinajstić information content (AvgIpc) is 2.42. The fraction of sp³-hybridized carbons (Fsp3) is 0.600. The van der Waals surface area contributed by atoms with E-state index in [1.54, 1.807) is 0 Å². The molecule has 0 aromatic carbocycles. The molecule has 0 heterocycles. The fourth-order valence-electron chi connectivity index (χ4n) is 1.98. The summed E-state index contributed by atoms with van der Waals surface area (Å²) in [4.78, 5) is 0. The molecule has 1 fully saturated rings. The second kappa shape index (κ2) is 3.92. The maximum Gasteiger partial charge on any atom is 0.0860 e. The molecule has 0 aromatic rings. The van der Waals surface area contributed by atoms with E-state index in [1.165, 1.54) is 0 Å². The van der Waals surface area contributed by atoms with Gasteiger partial charge in [0.05, 0.1) is 5.60 Å². The van der Waals surface area contributed by atoms with Crippen LogP contribution in [0.3, 0.4) is 0 Å². The van der Waals surface area contributed by atoms with Gasteiger partial charge in [0.25, 0.3) is 0 Å². The number of halogens is 1. The summed E-state index contributed by atoms with van der Waals surface area (Å²) in [5, 5.41) is 10.3. The Kier molecular flexibility index (Phi) is 3.35. The van der Waals surface area contributed by atoms with Crippen LogP contribution in [0.2, 0.25) is 0 Å². The van der Waals surface area contributed by atoms with Gasteiger partial charge in [0, 0.05) is 16.3 Å². The number of rotatable bonds is 3. The molecule has 0 radical (unpaired) electrons. The van der Waals surface area contributed by atoms with Gasteiger partial charge in [0.1, 0.15) is 0 Å². The average molecular weight is 278 g/mol. The zero-order chi connectivity index (χ0) is 9.19. The molecule has 1 saturated carbocycles. The van der Waals surface area contributed by atoms with Crippen LogP contribution in [0.15, 0.2) is 25.3 Å². The number of alkyl halides is 1. The maximum absolute atomic E-state index is 10.3. The first kappa shape index (κ1) is 10.3.